The van der Waals surface area contributed by atoms with Gasteiger partial charge in [-0.25, -0.2) is 9.18 Å². The molecule has 6 heteroatoms. The Morgan fingerprint density at radius 3 is 2.71 bits per heavy atom. The van der Waals surface area contributed by atoms with Crippen molar-refractivity contribution in [2.24, 2.45) is 0 Å². The summed E-state index contributed by atoms with van der Waals surface area (Å²) in [5.41, 5.74) is 1.74. The first-order valence-corrected chi connectivity index (χ1v) is 7.06. The van der Waals surface area contributed by atoms with Gasteiger partial charge in [-0.3, -0.25) is 0 Å². The Labute approximate surface area is 128 Å². The molecule has 21 heavy (non-hydrogen) atoms. The van der Waals surface area contributed by atoms with Gasteiger partial charge in [0.1, 0.15) is 5.82 Å². The number of halogens is 2. The SMILES string of the molecule is CN(C)[C@H]1CC(c2cc(F)cc(Cl)c2)=CC[C@@H]1NC(=O)O. The first-order chi connectivity index (χ1) is 9.86. The largest absolute Gasteiger partial charge is 0.465 e. The van der Waals surface area contributed by atoms with Crippen LogP contribution in [-0.2, 0) is 0 Å². The number of benzene rings is 1. The zero-order valence-electron chi connectivity index (χ0n) is 11.9. The molecule has 4 nitrogen and oxygen atoms in total. The number of likely N-dealkylation sites (N-methyl/N-ethyl adjacent to an activating group) is 1. The lowest BCUT2D eigenvalue weighted by Gasteiger charge is -2.35. The van der Waals surface area contributed by atoms with E-state index in [-0.39, 0.29) is 17.9 Å². The van der Waals surface area contributed by atoms with Crippen molar-refractivity contribution < 1.29 is 14.3 Å². The summed E-state index contributed by atoms with van der Waals surface area (Å²) < 4.78 is 13.5. The first-order valence-electron chi connectivity index (χ1n) is 6.68. The van der Waals surface area contributed by atoms with E-state index < -0.39 is 6.09 Å². The van der Waals surface area contributed by atoms with Crippen LogP contribution in [0.25, 0.3) is 5.57 Å². The molecule has 2 N–H and O–H groups in total. The molecule has 0 radical (unpaired) electrons. The molecule has 2 rings (SSSR count). The summed E-state index contributed by atoms with van der Waals surface area (Å²) in [6.45, 7) is 0. The maximum absolute atomic E-state index is 13.5. The van der Waals surface area contributed by atoms with E-state index in [9.17, 15) is 9.18 Å². The lowest BCUT2D eigenvalue weighted by molar-refractivity contribution is 0.172. The summed E-state index contributed by atoms with van der Waals surface area (Å²) in [6.07, 6.45) is 2.12. The van der Waals surface area contributed by atoms with Gasteiger partial charge in [0, 0.05) is 11.1 Å². The average molecular weight is 313 g/mol. The van der Waals surface area contributed by atoms with Crippen LogP contribution >= 0.6 is 11.6 Å². The topological polar surface area (TPSA) is 52.6 Å². The summed E-state index contributed by atoms with van der Waals surface area (Å²) >= 11 is 5.90. The van der Waals surface area contributed by atoms with Crippen LogP contribution in [-0.4, -0.2) is 42.3 Å². The quantitative estimate of drug-likeness (QED) is 0.901. The molecular weight excluding hydrogens is 295 g/mol. The normalized spacial score (nSPS) is 22.0. The Morgan fingerprint density at radius 2 is 2.14 bits per heavy atom. The molecule has 0 bridgehead atoms. The van der Waals surface area contributed by atoms with Crippen LogP contribution in [0, 0.1) is 5.82 Å². The van der Waals surface area contributed by atoms with Gasteiger partial charge in [0.15, 0.2) is 0 Å². The summed E-state index contributed by atoms with van der Waals surface area (Å²) in [6, 6.07) is 4.30. The first kappa shape index (κ1) is 15.8. The minimum Gasteiger partial charge on any atom is -0.465 e. The number of amides is 1. The van der Waals surface area contributed by atoms with Crippen LogP contribution in [0.1, 0.15) is 18.4 Å². The van der Waals surface area contributed by atoms with Gasteiger partial charge in [-0.15, -0.1) is 0 Å². The van der Waals surface area contributed by atoms with Crippen LogP contribution in [0.3, 0.4) is 0 Å². The third-order valence-electron chi connectivity index (χ3n) is 3.72. The molecule has 0 aromatic heterocycles. The van der Waals surface area contributed by atoms with Gasteiger partial charge < -0.3 is 15.3 Å². The molecule has 1 amide bonds. The van der Waals surface area contributed by atoms with Crippen LogP contribution < -0.4 is 5.32 Å². The maximum atomic E-state index is 13.5. The molecule has 0 unspecified atom stereocenters. The van der Waals surface area contributed by atoms with Gasteiger partial charge in [0.2, 0.25) is 0 Å². The molecular formula is C15H18ClFN2O2. The number of nitrogens with zero attached hydrogens (tertiary/aromatic N) is 1. The van der Waals surface area contributed by atoms with Crippen LogP contribution in [0.4, 0.5) is 9.18 Å². The fourth-order valence-electron chi connectivity index (χ4n) is 2.71. The fraction of sp³-hybridized carbons (Fsp3) is 0.400. The molecule has 0 aliphatic heterocycles. The van der Waals surface area contributed by atoms with Crippen LogP contribution in [0.15, 0.2) is 24.3 Å². The molecule has 2 atom stereocenters. The number of carbonyl (C=O) groups is 1. The zero-order chi connectivity index (χ0) is 15.6. The minimum atomic E-state index is -1.03. The van der Waals surface area contributed by atoms with Gasteiger partial charge in [-0.1, -0.05) is 17.7 Å². The molecule has 114 valence electrons. The van der Waals surface area contributed by atoms with Gasteiger partial charge in [0.25, 0.3) is 0 Å². The molecule has 0 fully saturated rings. The molecule has 0 spiro atoms. The average Bonchev–Trinajstić information content (AvgIpc) is 2.37. The summed E-state index contributed by atoms with van der Waals surface area (Å²) in [5, 5.41) is 11.8. The lowest BCUT2D eigenvalue weighted by atomic mass is 9.86. The molecule has 1 aromatic rings. The van der Waals surface area contributed by atoms with Crippen molar-refractivity contribution >= 4 is 23.3 Å². The summed E-state index contributed by atoms with van der Waals surface area (Å²) in [5.74, 6) is -0.370. The highest BCUT2D eigenvalue weighted by Crippen LogP contribution is 2.31. The minimum absolute atomic E-state index is 0.0168. The van der Waals surface area contributed by atoms with Crippen LogP contribution in [0.5, 0.6) is 0 Å². The second kappa shape index (κ2) is 6.45. The van der Waals surface area contributed by atoms with Crippen molar-refractivity contribution in [2.75, 3.05) is 14.1 Å². The second-order valence-corrected chi connectivity index (χ2v) is 5.85. The highest BCUT2D eigenvalue weighted by atomic mass is 35.5. The van der Waals surface area contributed by atoms with Crippen molar-refractivity contribution in [2.45, 2.75) is 24.9 Å². The predicted molar refractivity (Wildman–Crippen MR) is 81.0 cm³/mol. The van der Waals surface area contributed by atoms with Crippen LogP contribution in [0.2, 0.25) is 5.02 Å². The van der Waals surface area contributed by atoms with E-state index in [0.29, 0.717) is 17.9 Å². The summed E-state index contributed by atoms with van der Waals surface area (Å²) in [7, 11) is 3.81. The number of hydrogen-bond donors (Lipinski definition) is 2. The Bertz CT molecular complexity index is 555. The van der Waals surface area contributed by atoms with E-state index in [2.05, 4.69) is 5.32 Å². The Hall–Kier alpha value is -1.59. The van der Waals surface area contributed by atoms with Gasteiger partial charge >= 0.3 is 6.09 Å². The highest BCUT2D eigenvalue weighted by molar-refractivity contribution is 6.30. The highest BCUT2D eigenvalue weighted by Gasteiger charge is 2.29. The molecule has 0 heterocycles. The molecule has 0 saturated carbocycles. The number of nitrogens with one attached hydrogen (secondary N) is 1. The van der Waals surface area contributed by atoms with E-state index in [0.717, 1.165) is 11.1 Å². The second-order valence-electron chi connectivity index (χ2n) is 5.41. The van der Waals surface area contributed by atoms with E-state index in [1.165, 1.54) is 12.1 Å². The predicted octanol–water partition coefficient (Wildman–Crippen LogP) is 3.22. The third-order valence-corrected chi connectivity index (χ3v) is 3.94. The van der Waals surface area contributed by atoms with E-state index in [1.54, 1.807) is 6.07 Å². The number of hydrogen-bond acceptors (Lipinski definition) is 2. The van der Waals surface area contributed by atoms with Crippen molar-refractivity contribution in [3.05, 3.63) is 40.7 Å². The molecule has 1 aromatic carbocycles. The van der Waals surface area contributed by atoms with Gasteiger partial charge in [0.05, 0.1) is 6.04 Å². The zero-order valence-corrected chi connectivity index (χ0v) is 12.7. The molecule has 0 saturated heterocycles. The van der Waals surface area contributed by atoms with Crippen molar-refractivity contribution in [3.63, 3.8) is 0 Å². The van der Waals surface area contributed by atoms with E-state index in [1.807, 2.05) is 25.1 Å². The number of rotatable bonds is 3. The van der Waals surface area contributed by atoms with E-state index >= 15 is 0 Å². The number of carboxylic acid groups (broad SMARTS) is 1. The fourth-order valence-corrected chi connectivity index (χ4v) is 2.93. The Balaban J connectivity index is 2.26. The standard InChI is InChI=1S/C15H18ClFN2O2/c1-19(2)14-7-9(3-4-13(14)18-15(20)21)10-5-11(16)8-12(17)6-10/h3,5-6,8,13-14,18H,4,7H2,1-2H3,(H,20,21)/t13-,14-/m0/s1. The molecule has 1 aliphatic carbocycles. The van der Waals surface area contributed by atoms with Gasteiger partial charge in [-0.05, 0) is 56.3 Å². The third kappa shape index (κ3) is 3.95. The molecule has 1 aliphatic rings. The van der Waals surface area contributed by atoms with E-state index in [4.69, 9.17) is 16.7 Å². The van der Waals surface area contributed by atoms with Gasteiger partial charge in [-0.2, -0.15) is 0 Å². The summed E-state index contributed by atoms with van der Waals surface area (Å²) in [4.78, 5) is 12.8. The van der Waals surface area contributed by atoms with Crippen molar-refractivity contribution in [1.29, 1.82) is 0 Å². The monoisotopic (exact) mass is 312 g/mol. The Kier molecular flexibility index (Phi) is 4.85. The Morgan fingerprint density at radius 1 is 1.43 bits per heavy atom. The smallest absolute Gasteiger partial charge is 0.404 e. The van der Waals surface area contributed by atoms with Crippen molar-refractivity contribution in [3.8, 4) is 0 Å². The van der Waals surface area contributed by atoms with Crippen molar-refractivity contribution in [1.82, 2.24) is 10.2 Å². The lowest BCUT2D eigenvalue weighted by Crippen LogP contribution is -2.50. The maximum Gasteiger partial charge on any atom is 0.404 e.